The predicted molar refractivity (Wildman–Crippen MR) is 49.3 cm³/mol. The van der Waals surface area contributed by atoms with E-state index in [0.717, 1.165) is 6.54 Å². The minimum atomic E-state index is 0.682. The highest BCUT2D eigenvalue weighted by atomic mass is 28.1. The van der Waals surface area contributed by atoms with E-state index in [4.69, 9.17) is 9.68 Å². The van der Waals surface area contributed by atoms with Crippen molar-refractivity contribution >= 4 is 10.2 Å². The molecule has 0 rings (SSSR count). The molecule has 3 nitrogen and oxygen atoms in total. The summed E-state index contributed by atoms with van der Waals surface area (Å²) in [4.78, 5) is 10.4. The van der Waals surface area contributed by atoms with Crippen LogP contribution >= 0.6 is 0 Å². The Hall–Kier alpha value is 0.0969. The topological polar surface area (TPSA) is 21.7 Å². The first-order chi connectivity index (χ1) is 5.35. The van der Waals surface area contributed by atoms with Gasteiger partial charge in [0.15, 0.2) is 0 Å². The minimum absolute atomic E-state index is 0.682. The molecular weight excluding hydrogens is 158 g/mol. The average Bonchev–Trinajstić information content (AvgIpc) is 2.01. The molecule has 0 saturated carbocycles. The Morgan fingerprint density at radius 1 is 1.18 bits per heavy atom. The molecule has 0 aromatic carbocycles. The van der Waals surface area contributed by atoms with Crippen molar-refractivity contribution in [1.82, 2.24) is 5.23 Å². The second-order valence-corrected chi connectivity index (χ2v) is 3.25. The molecule has 0 aliphatic rings. The van der Waals surface area contributed by atoms with Gasteiger partial charge in [-0.15, -0.1) is 0 Å². The molecule has 0 saturated heterocycles. The quantitative estimate of drug-likeness (QED) is 0.414. The van der Waals surface area contributed by atoms with Crippen molar-refractivity contribution in [2.45, 2.75) is 26.3 Å². The summed E-state index contributed by atoms with van der Waals surface area (Å²) in [6.07, 6.45) is 1.17. The summed E-state index contributed by atoms with van der Waals surface area (Å²) < 4.78 is 0. The smallest absolute Gasteiger partial charge is 0.0683 e. The van der Waals surface area contributed by atoms with Crippen LogP contribution in [0.2, 0.25) is 6.04 Å². The van der Waals surface area contributed by atoms with Crippen molar-refractivity contribution in [2.24, 2.45) is 0 Å². The van der Waals surface area contributed by atoms with Crippen LogP contribution in [0.25, 0.3) is 0 Å². The Kier molecular flexibility index (Phi) is 8.27. The van der Waals surface area contributed by atoms with Crippen molar-refractivity contribution in [3.8, 4) is 0 Å². The van der Waals surface area contributed by atoms with Gasteiger partial charge >= 0.3 is 0 Å². The lowest BCUT2D eigenvalue weighted by Crippen LogP contribution is -2.25. The van der Waals surface area contributed by atoms with Crippen molar-refractivity contribution in [1.29, 1.82) is 0 Å². The zero-order chi connectivity index (χ0) is 8.53. The van der Waals surface area contributed by atoms with Gasteiger partial charge in [-0.3, -0.25) is 9.68 Å². The molecule has 0 fully saturated rings. The van der Waals surface area contributed by atoms with E-state index in [-0.39, 0.29) is 0 Å². The molecule has 0 atom stereocenters. The summed E-state index contributed by atoms with van der Waals surface area (Å²) in [5, 5.41) is 1.60. The molecule has 0 heterocycles. The second kappa shape index (κ2) is 8.20. The highest BCUT2D eigenvalue weighted by Crippen LogP contribution is 1.96. The van der Waals surface area contributed by atoms with E-state index in [0.29, 0.717) is 13.2 Å². The SMILES string of the molecule is CCON(CCC[SiH3])OCC. The van der Waals surface area contributed by atoms with Crippen LogP contribution in [0, 0.1) is 0 Å². The predicted octanol–water partition coefficient (Wildman–Crippen LogP) is 0.365. The Morgan fingerprint density at radius 2 is 1.73 bits per heavy atom. The maximum Gasteiger partial charge on any atom is 0.0683 e. The zero-order valence-electron chi connectivity index (χ0n) is 7.80. The highest BCUT2D eigenvalue weighted by molar-refractivity contribution is 6.08. The fraction of sp³-hybridized carbons (Fsp3) is 1.00. The van der Waals surface area contributed by atoms with Crippen molar-refractivity contribution in [2.75, 3.05) is 19.8 Å². The first-order valence-electron chi connectivity index (χ1n) is 4.38. The van der Waals surface area contributed by atoms with Crippen LogP contribution in [0.15, 0.2) is 0 Å². The van der Waals surface area contributed by atoms with Gasteiger partial charge in [-0.1, -0.05) is 11.3 Å². The van der Waals surface area contributed by atoms with E-state index in [9.17, 15) is 0 Å². The number of hydroxylamine groups is 2. The van der Waals surface area contributed by atoms with Gasteiger partial charge in [0.05, 0.1) is 19.8 Å². The number of hydrogen-bond donors (Lipinski definition) is 0. The van der Waals surface area contributed by atoms with Gasteiger partial charge in [0, 0.05) is 10.2 Å². The zero-order valence-corrected chi connectivity index (χ0v) is 9.80. The first-order valence-corrected chi connectivity index (χ1v) is 5.79. The molecule has 68 valence electrons. The maximum atomic E-state index is 5.21. The van der Waals surface area contributed by atoms with Crippen LogP contribution in [0.5, 0.6) is 0 Å². The first kappa shape index (κ1) is 11.1. The molecule has 0 aliphatic heterocycles. The maximum absolute atomic E-state index is 5.21. The van der Waals surface area contributed by atoms with E-state index < -0.39 is 0 Å². The van der Waals surface area contributed by atoms with Gasteiger partial charge in [-0.25, -0.2) is 0 Å². The molecule has 11 heavy (non-hydrogen) atoms. The Labute approximate surface area is 72.0 Å². The number of hydrogen-bond acceptors (Lipinski definition) is 3. The average molecular weight is 177 g/mol. The third-order valence-corrected chi connectivity index (χ3v) is 1.95. The molecule has 0 radical (unpaired) electrons. The van der Waals surface area contributed by atoms with Gasteiger partial charge in [0.1, 0.15) is 0 Å². The summed E-state index contributed by atoms with van der Waals surface area (Å²) in [7, 11) is 1.26. The van der Waals surface area contributed by atoms with E-state index in [1.165, 1.54) is 22.7 Å². The van der Waals surface area contributed by atoms with Gasteiger partial charge < -0.3 is 0 Å². The van der Waals surface area contributed by atoms with Gasteiger partial charge in [-0.2, -0.15) is 0 Å². The molecule has 0 aromatic heterocycles. The van der Waals surface area contributed by atoms with E-state index in [1.807, 2.05) is 13.8 Å². The van der Waals surface area contributed by atoms with Crippen LogP contribution < -0.4 is 0 Å². The van der Waals surface area contributed by atoms with E-state index >= 15 is 0 Å². The summed E-state index contributed by atoms with van der Waals surface area (Å²) in [6, 6.07) is 1.30. The molecule has 0 aromatic rings. The molecular formula is C7H19NO2Si. The minimum Gasteiger partial charge on any atom is -0.274 e. The summed E-state index contributed by atoms with van der Waals surface area (Å²) >= 11 is 0. The van der Waals surface area contributed by atoms with Crippen LogP contribution in [0.4, 0.5) is 0 Å². The van der Waals surface area contributed by atoms with Gasteiger partial charge in [-0.05, 0) is 20.3 Å². The lowest BCUT2D eigenvalue weighted by molar-refractivity contribution is -0.364. The number of nitrogens with zero attached hydrogens (tertiary/aromatic N) is 1. The Bertz CT molecular complexity index is 76.8. The van der Waals surface area contributed by atoms with Crippen molar-refractivity contribution in [3.05, 3.63) is 0 Å². The van der Waals surface area contributed by atoms with Crippen molar-refractivity contribution < 1.29 is 9.68 Å². The molecule has 0 aliphatic carbocycles. The summed E-state index contributed by atoms with van der Waals surface area (Å²) in [5.41, 5.74) is 0. The van der Waals surface area contributed by atoms with Gasteiger partial charge in [0.2, 0.25) is 0 Å². The molecule has 0 spiro atoms. The third-order valence-electron chi connectivity index (χ3n) is 1.24. The van der Waals surface area contributed by atoms with E-state index in [1.54, 1.807) is 5.23 Å². The molecule has 0 N–H and O–H groups in total. The second-order valence-electron chi connectivity index (χ2n) is 2.25. The van der Waals surface area contributed by atoms with Gasteiger partial charge in [0.25, 0.3) is 0 Å². The molecule has 0 bridgehead atoms. The molecule has 0 unspecified atom stereocenters. The lowest BCUT2D eigenvalue weighted by Gasteiger charge is -2.18. The fourth-order valence-corrected chi connectivity index (χ4v) is 1.06. The van der Waals surface area contributed by atoms with Crippen LogP contribution in [-0.2, 0) is 9.68 Å². The van der Waals surface area contributed by atoms with Crippen LogP contribution in [0.1, 0.15) is 20.3 Å². The Balaban J connectivity index is 3.34. The van der Waals surface area contributed by atoms with Crippen LogP contribution in [-0.4, -0.2) is 35.2 Å². The van der Waals surface area contributed by atoms with E-state index in [2.05, 4.69) is 0 Å². The monoisotopic (exact) mass is 177 g/mol. The molecule has 0 amide bonds. The standard InChI is InChI=1S/C7H19NO2Si/c1-3-9-8(10-4-2)6-5-7-11/h3-7H2,1-2,11H3. The summed E-state index contributed by atoms with van der Waals surface area (Å²) in [6.45, 7) is 6.19. The highest BCUT2D eigenvalue weighted by Gasteiger charge is 2.01. The Morgan fingerprint density at radius 3 is 2.09 bits per heavy atom. The lowest BCUT2D eigenvalue weighted by atomic mass is 10.5. The fourth-order valence-electron chi connectivity index (χ4n) is 0.742. The van der Waals surface area contributed by atoms with Crippen molar-refractivity contribution in [3.63, 3.8) is 0 Å². The molecule has 4 heteroatoms. The number of rotatable bonds is 7. The third kappa shape index (κ3) is 6.49. The van der Waals surface area contributed by atoms with Crippen LogP contribution in [0.3, 0.4) is 0 Å². The summed E-state index contributed by atoms with van der Waals surface area (Å²) in [5.74, 6) is 0. The largest absolute Gasteiger partial charge is 0.274 e. The normalized spacial score (nSPS) is 11.2.